The molecular weight excluding hydrogens is 268 g/mol. The summed E-state index contributed by atoms with van der Waals surface area (Å²) >= 11 is 4.93. The predicted octanol–water partition coefficient (Wildman–Crippen LogP) is 2.47. The maximum atomic E-state index is 5.15. The zero-order valence-corrected chi connectivity index (χ0v) is 9.98. The van der Waals surface area contributed by atoms with Crippen LogP contribution in [0.15, 0.2) is 9.85 Å². The predicted molar refractivity (Wildman–Crippen MR) is 58.2 cm³/mol. The monoisotopic (exact) mass is 274 g/mol. The number of hydrogen-bond donors (Lipinski definition) is 0. The minimum absolute atomic E-state index is 0.323. The van der Waals surface area contributed by atoms with Crippen molar-refractivity contribution >= 4 is 37.5 Å². The fourth-order valence-corrected chi connectivity index (χ4v) is 2.64. The van der Waals surface area contributed by atoms with Crippen LogP contribution in [0.5, 0.6) is 11.9 Å². The molecule has 2 heterocycles. The van der Waals surface area contributed by atoms with Gasteiger partial charge in [0.05, 0.1) is 19.6 Å². The Morgan fingerprint density at radius 2 is 2.07 bits per heavy atom. The van der Waals surface area contributed by atoms with E-state index >= 15 is 0 Å². The summed E-state index contributed by atoms with van der Waals surface area (Å²) in [6.07, 6.45) is 0. The van der Waals surface area contributed by atoms with Crippen molar-refractivity contribution in [3.63, 3.8) is 0 Å². The third-order valence-corrected chi connectivity index (χ3v) is 3.51. The van der Waals surface area contributed by atoms with Crippen molar-refractivity contribution in [1.82, 2.24) is 9.97 Å². The van der Waals surface area contributed by atoms with Crippen LogP contribution in [0.1, 0.15) is 0 Å². The number of rotatable bonds is 2. The maximum absolute atomic E-state index is 5.15. The van der Waals surface area contributed by atoms with Gasteiger partial charge < -0.3 is 9.47 Å². The highest BCUT2D eigenvalue weighted by Crippen LogP contribution is 2.35. The third kappa shape index (κ3) is 1.44. The fourth-order valence-electron chi connectivity index (χ4n) is 1.10. The van der Waals surface area contributed by atoms with Crippen molar-refractivity contribution in [2.45, 2.75) is 0 Å². The average molecular weight is 275 g/mol. The molecule has 0 aliphatic heterocycles. The molecule has 2 aromatic rings. The number of ether oxygens (including phenoxy) is 2. The molecule has 0 saturated heterocycles. The van der Waals surface area contributed by atoms with Gasteiger partial charge in [-0.3, -0.25) is 0 Å². The molecule has 0 aliphatic rings. The van der Waals surface area contributed by atoms with E-state index in [9.17, 15) is 0 Å². The molecule has 74 valence electrons. The number of methoxy groups -OCH3 is 2. The minimum Gasteiger partial charge on any atom is -0.480 e. The molecule has 0 aromatic carbocycles. The van der Waals surface area contributed by atoms with Crippen LogP contribution in [0.3, 0.4) is 0 Å². The summed E-state index contributed by atoms with van der Waals surface area (Å²) in [5.74, 6) is 0.528. The SMILES string of the molecule is COc1nc(OC)c2c(Br)csc2n1. The standard InChI is InChI=1S/C8H7BrN2O2S/c1-12-6-5-4(9)3-14-7(5)11-8(10-6)13-2/h3H,1-2H3. The highest BCUT2D eigenvalue weighted by Gasteiger charge is 2.13. The third-order valence-electron chi connectivity index (χ3n) is 1.71. The Labute approximate surface area is 93.0 Å². The Bertz CT molecular complexity index is 472. The maximum Gasteiger partial charge on any atom is 0.320 e. The Kier molecular flexibility index (Phi) is 2.56. The van der Waals surface area contributed by atoms with Gasteiger partial charge >= 0.3 is 6.01 Å². The molecule has 6 heteroatoms. The number of aromatic nitrogens is 2. The van der Waals surface area contributed by atoms with Gasteiger partial charge in [-0.2, -0.15) is 9.97 Å². The van der Waals surface area contributed by atoms with Crippen molar-refractivity contribution in [1.29, 1.82) is 0 Å². The molecule has 14 heavy (non-hydrogen) atoms. The van der Waals surface area contributed by atoms with E-state index in [-0.39, 0.29) is 0 Å². The summed E-state index contributed by atoms with van der Waals surface area (Å²) in [6.45, 7) is 0. The van der Waals surface area contributed by atoms with E-state index in [2.05, 4.69) is 25.9 Å². The molecule has 0 fully saturated rings. The van der Waals surface area contributed by atoms with Crippen molar-refractivity contribution in [2.75, 3.05) is 14.2 Å². The lowest BCUT2D eigenvalue weighted by Gasteiger charge is -2.03. The first kappa shape index (κ1) is 9.67. The smallest absolute Gasteiger partial charge is 0.320 e. The molecule has 2 aromatic heterocycles. The van der Waals surface area contributed by atoms with Crippen LogP contribution >= 0.6 is 27.3 Å². The van der Waals surface area contributed by atoms with E-state index in [1.54, 1.807) is 7.11 Å². The van der Waals surface area contributed by atoms with Gasteiger partial charge in [-0.15, -0.1) is 11.3 Å². The van der Waals surface area contributed by atoms with E-state index in [4.69, 9.17) is 9.47 Å². The Balaban J connectivity index is 2.76. The molecule has 0 amide bonds. The average Bonchev–Trinajstić information content (AvgIpc) is 2.59. The van der Waals surface area contributed by atoms with E-state index in [0.29, 0.717) is 11.9 Å². The molecular formula is C8H7BrN2O2S. The van der Waals surface area contributed by atoms with Crippen molar-refractivity contribution in [2.24, 2.45) is 0 Å². The fraction of sp³-hybridized carbons (Fsp3) is 0.250. The van der Waals surface area contributed by atoms with E-state index in [1.165, 1.54) is 18.4 Å². The Morgan fingerprint density at radius 3 is 2.71 bits per heavy atom. The summed E-state index contributed by atoms with van der Waals surface area (Å²) in [6, 6.07) is 0.323. The van der Waals surface area contributed by atoms with Gasteiger partial charge in [-0.05, 0) is 15.9 Å². The first-order chi connectivity index (χ1) is 6.76. The van der Waals surface area contributed by atoms with Crippen LogP contribution in [0.4, 0.5) is 0 Å². The van der Waals surface area contributed by atoms with Crippen LogP contribution < -0.4 is 9.47 Å². The van der Waals surface area contributed by atoms with Gasteiger partial charge in [-0.1, -0.05) is 0 Å². The van der Waals surface area contributed by atoms with Gasteiger partial charge in [0, 0.05) is 9.85 Å². The lowest BCUT2D eigenvalue weighted by Crippen LogP contribution is -1.95. The van der Waals surface area contributed by atoms with Crippen molar-refractivity contribution in [3.8, 4) is 11.9 Å². The molecule has 0 saturated carbocycles. The zero-order chi connectivity index (χ0) is 10.1. The summed E-state index contributed by atoms with van der Waals surface area (Å²) < 4.78 is 11.1. The van der Waals surface area contributed by atoms with E-state index in [1.807, 2.05) is 5.38 Å². The number of thiophene rings is 1. The van der Waals surface area contributed by atoms with Crippen LogP contribution in [0.25, 0.3) is 10.2 Å². The molecule has 0 bridgehead atoms. The van der Waals surface area contributed by atoms with Crippen LogP contribution in [-0.4, -0.2) is 24.2 Å². The van der Waals surface area contributed by atoms with Crippen LogP contribution in [0.2, 0.25) is 0 Å². The second-order valence-corrected chi connectivity index (χ2v) is 4.20. The lowest BCUT2D eigenvalue weighted by molar-refractivity contribution is 0.357. The van der Waals surface area contributed by atoms with Gasteiger partial charge in [0.2, 0.25) is 5.88 Å². The first-order valence-corrected chi connectivity index (χ1v) is 5.46. The minimum atomic E-state index is 0.323. The van der Waals surface area contributed by atoms with Gasteiger partial charge in [0.1, 0.15) is 4.83 Å². The summed E-state index contributed by atoms with van der Waals surface area (Å²) in [5, 5.41) is 2.83. The van der Waals surface area contributed by atoms with Crippen LogP contribution in [-0.2, 0) is 0 Å². The number of nitrogens with zero attached hydrogens (tertiary/aromatic N) is 2. The van der Waals surface area contributed by atoms with Gasteiger partial charge in [0.25, 0.3) is 0 Å². The number of hydrogen-bond acceptors (Lipinski definition) is 5. The second kappa shape index (κ2) is 3.70. The molecule has 0 aliphatic carbocycles. The zero-order valence-electron chi connectivity index (χ0n) is 7.57. The topological polar surface area (TPSA) is 44.2 Å². The van der Waals surface area contributed by atoms with E-state index in [0.717, 1.165) is 14.7 Å². The highest BCUT2D eigenvalue weighted by atomic mass is 79.9. The highest BCUT2D eigenvalue weighted by molar-refractivity contribution is 9.10. The normalized spacial score (nSPS) is 10.5. The van der Waals surface area contributed by atoms with Gasteiger partial charge in [-0.25, -0.2) is 0 Å². The number of fused-ring (bicyclic) bond motifs is 1. The molecule has 4 nitrogen and oxygen atoms in total. The lowest BCUT2D eigenvalue weighted by atomic mass is 10.4. The van der Waals surface area contributed by atoms with E-state index < -0.39 is 0 Å². The molecule has 0 spiro atoms. The Morgan fingerprint density at radius 1 is 1.29 bits per heavy atom. The van der Waals surface area contributed by atoms with Crippen molar-refractivity contribution < 1.29 is 9.47 Å². The largest absolute Gasteiger partial charge is 0.480 e. The summed E-state index contributed by atoms with van der Waals surface area (Å²) in [7, 11) is 3.11. The molecule has 0 radical (unpaired) electrons. The number of halogens is 1. The quantitative estimate of drug-likeness (QED) is 0.844. The van der Waals surface area contributed by atoms with Gasteiger partial charge in [0.15, 0.2) is 0 Å². The van der Waals surface area contributed by atoms with Crippen molar-refractivity contribution in [3.05, 3.63) is 9.85 Å². The second-order valence-electron chi connectivity index (χ2n) is 2.48. The summed E-state index contributed by atoms with van der Waals surface area (Å²) in [5.41, 5.74) is 0. The molecule has 0 atom stereocenters. The molecule has 0 unspecified atom stereocenters. The summed E-state index contributed by atoms with van der Waals surface area (Å²) in [4.78, 5) is 9.14. The molecule has 2 rings (SSSR count). The molecule has 0 N–H and O–H groups in total. The van der Waals surface area contributed by atoms with Crippen LogP contribution in [0, 0.1) is 0 Å². The first-order valence-electron chi connectivity index (χ1n) is 3.79. The Hall–Kier alpha value is -0.880.